The molecule has 0 fully saturated rings. The summed E-state index contributed by atoms with van der Waals surface area (Å²) in [7, 11) is 0. The van der Waals surface area contributed by atoms with Crippen molar-refractivity contribution >= 4 is 57.6 Å². The molecule has 0 unspecified atom stereocenters. The number of nitrogens with zero attached hydrogens (tertiary/aromatic N) is 4. The van der Waals surface area contributed by atoms with Crippen LogP contribution < -0.4 is 22.1 Å². The molecule has 0 aliphatic rings. The van der Waals surface area contributed by atoms with Crippen LogP contribution in [0.15, 0.2) is 24.5 Å². The second-order valence-electron chi connectivity index (χ2n) is 7.38. The molecule has 2 aromatic rings. The average molecular weight is 554 g/mol. The van der Waals surface area contributed by atoms with Crippen molar-refractivity contribution in [2.45, 2.75) is 33.2 Å². The molecule has 0 spiro atoms. The largest absolute Gasteiger partial charge is 0.368 e. The van der Waals surface area contributed by atoms with Crippen LogP contribution in [-0.4, -0.2) is 54.7 Å². The van der Waals surface area contributed by atoms with Gasteiger partial charge in [0.05, 0.1) is 22.6 Å². The van der Waals surface area contributed by atoms with E-state index in [1.165, 1.54) is 12.4 Å². The van der Waals surface area contributed by atoms with Crippen LogP contribution in [0.1, 0.15) is 48.2 Å². The maximum Gasteiger partial charge on any atom is 0.273 e. The number of rotatable bonds is 11. The van der Waals surface area contributed by atoms with Crippen LogP contribution in [0.2, 0.25) is 0 Å². The lowest BCUT2D eigenvalue weighted by atomic mass is 10.0. The van der Waals surface area contributed by atoms with E-state index in [-0.39, 0.29) is 29.2 Å². The van der Waals surface area contributed by atoms with Gasteiger partial charge in [0, 0.05) is 6.54 Å². The lowest BCUT2D eigenvalue weighted by molar-refractivity contribution is -0.119. The molecular formula is C20H27IN8O3. The zero-order valence-electron chi connectivity index (χ0n) is 18.1. The van der Waals surface area contributed by atoms with Gasteiger partial charge in [0.1, 0.15) is 17.6 Å². The first-order chi connectivity index (χ1) is 15.2. The molecule has 3 amide bonds. The number of primary amides is 2. The van der Waals surface area contributed by atoms with Gasteiger partial charge in [-0.05, 0) is 31.4 Å². The Kier molecular flexibility index (Phi) is 9.11. The van der Waals surface area contributed by atoms with Crippen LogP contribution in [0, 0.1) is 5.92 Å². The molecule has 12 heteroatoms. The lowest BCUT2D eigenvalue weighted by Crippen LogP contribution is -2.37. The van der Waals surface area contributed by atoms with Gasteiger partial charge in [-0.25, -0.2) is 15.0 Å². The van der Waals surface area contributed by atoms with Gasteiger partial charge >= 0.3 is 0 Å². The monoisotopic (exact) mass is 554 g/mol. The summed E-state index contributed by atoms with van der Waals surface area (Å²) in [5, 5.41) is 5.89. The van der Waals surface area contributed by atoms with Gasteiger partial charge < -0.3 is 27.0 Å². The maximum atomic E-state index is 12.4. The summed E-state index contributed by atoms with van der Waals surface area (Å²) in [6.45, 7) is 6.40. The van der Waals surface area contributed by atoms with Gasteiger partial charge in [-0.3, -0.25) is 14.4 Å². The second-order valence-corrected chi connectivity index (χ2v) is 8.07. The number of carbonyl (C=O) groups is 3. The molecule has 32 heavy (non-hydrogen) atoms. The van der Waals surface area contributed by atoms with Crippen LogP contribution in [-0.2, 0) is 4.79 Å². The molecule has 172 valence electrons. The van der Waals surface area contributed by atoms with Gasteiger partial charge in [0.2, 0.25) is 5.91 Å². The van der Waals surface area contributed by atoms with Gasteiger partial charge in [-0.15, -0.1) is 0 Å². The van der Waals surface area contributed by atoms with E-state index in [0.717, 1.165) is 0 Å². The van der Waals surface area contributed by atoms with Crippen LogP contribution in [0.25, 0.3) is 0 Å². The number of hydrogen-bond donors (Lipinski definition) is 4. The van der Waals surface area contributed by atoms with Crippen molar-refractivity contribution in [2.24, 2.45) is 17.4 Å². The minimum atomic E-state index is -0.777. The van der Waals surface area contributed by atoms with E-state index in [9.17, 15) is 14.4 Å². The van der Waals surface area contributed by atoms with Crippen molar-refractivity contribution in [1.29, 1.82) is 0 Å². The highest BCUT2D eigenvalue weighted by molar-refractivity contribution is 14.1. The standard InChI is InChI=1S/C20H27IN8O3/c1-4-29(10-21)20(32)13-6-5-12(8-24-13)26-19-16(18(23)31)25-9-15(28-19)27-14(17(22)30)7-11(2)3/h5-6,8-9,11,14H,4,7,10H2,1-3H3,(H2,22,30)(H2,23,31)(H2,26,27,28)/t14-/m1/s1. The van der Waals surface area contributed by atoms with Crippen molar-refractivity contribution in [3.63, 3.8) is 0 Å². The van der Waals surface area contributed by atoms with Crippen molar-refractivity contribution in [1.82, 2.24) is 19.9 Å². The van der Waals surface area contributed by atoms with Crippen molar-refractivity contribution in [2.75, 3.05) is 21.7 Å². The topological polar surface area (TPSA) is 169 Å². The molecule has 0 aliphatic carbocycles. The third-order valence-corrected chi connectivity index (χ3v) is 5.26. The smallest absolute Gasteiger partial charge is 0.273 e. The summed E-state index contributed by atoms with van der Waals surface area (Å²) in [6, 6.07) is 2.56. The Labute approximate surface area is 199 Å². The highest BCUT2D eigenvalue weighted by Gasteiger charge is 2.20. The fraction of sp³-hybridized carbons (Fsp3) is 0.400. The molecule has 0 aromatic carbocycles. The molecule has 0 radical (unpaired) electrons. The first-order valence-electron chi connectivity index (χ1n) is 9.97. The number of amides is 3. The fourth-order valence-corrected chi connectivity index (χ4v) is 3.59. The molecule has 6 N–H and O–H groups in total. The number of pyridine rings is 1. The Morgan fingerprint density at radius 2 is 1.88 bits per heavy atom. The predicted octanol–water partition coefficient (Wildman–Crippen LogP) is 1.88. The van der Waals surface area contributed by atoms with E-state index in [4.69, 9.17) is 11.5 Å². The summed E-state index contributed by atoms with van der Waals surface area (Å²) in [5.41, 5.74) is 11.6. The highest BCUT2D eigenvalue weighted by Crippen LogP contribution is 2.20. The lowest BCUT2D eigenvalue weighted by Gasteiger charge is -2.19. The Bertz CT molecular complexity index is 964. The Balaban J connectivity index is 2.27. The summed E-state index contributed by atoms with van der Waals surface area (Å²) in [4.78, 5) is 50.2. The minimum Gasteiger partial charge on any atom is -0.368 e. The van der Waals surface area contributed by atoms with E-state index in [0.29, 0.717) is 28.9 Å². The van der Waals surface area contributed by atoms with E-state index in [2.05, 4.69) is 48.2 Å². The molecule has 1 atom stereocenters. The van der Waals surface area contributed by atoms with Crippen molar-refractivity contribution in [3.05, 3.63) is 35.9 Å². The number of nitrogens with one attached hydrogen (secondary N) is 2. The zero-order valence-corrected chi connectivity index (χ0v) is 20.3. The molecule has 11 nitrogen and oxygen atoms in total. The SMILES string of the molecule is CCN(CI)C(=O)c1ccc(Nc2nc(N[C@H](CC(C)C)C(N)=O)cnc2C(N)=O)cn1. The van der Waals surface area contributed by atoms with E-state index < -0.39 is 17.9 Å². The third-order valence-electron chi connectivity index (χ3n) is 4.44. The Hall–Kier alpha value is -3.03. The molecule has 0 saturated heterocycles. The molecule has 0 aliphatic heterocycles. The van der Waals surface area contributed by atoms with Crippen LogP contribution in [0.5, 0.6) is 0 Å². The van der Waals surface area contributed by atoms with E-state index in [1.807, 2.05) is 20.8 Å². The van der Waals surface area contributed by atoms with E-state index >= 15 is 0 Å². The number of nitrogens with two attached hydrogens (primary N) is 2. The second kappa shape index (κ2) is 11.5. The molecule has 0 bridgehead atoms. The van der Waals surface area contributed by atoms with Crippen LogP contribution in [0.3, 0.4) is 0 Å². The number of hydrogen-bond acceptors (Lipinski definition) is 8. The fourth-order valence-electron chi connectivity index (χ4n) is 2.80. The summed E-state index contributed by atoms with van der Waals surface area (Å²) in [5.74, 6) is -0.925. The molecule has 2 rings (SSSR count). The minimum absolute atomic E-state index is 0.0820. The molecular weight excluding hydrogens is 527 g/mol. The molecule has 2 heterocycles. The Morgan fingerprint density at radius 1 is 1.16 bits per heavy atom. The van der Waals surface area contributed by atoms with Crippen molar-refractivity contribution < 1.29 is 14.4 Å². The van der Waals surface area contributed by atoms with Gasteiger partial charge in [0.25, 0.3) is 11.8 Å². The highest BCUT2D eigenvalue weighted by atomic mass is 127. The normalized spacial score (nSPS) is 11.7. The molecule has 2 aromatic heterocycles. The number of halogens is 1. The Morgan fingerprint density at radius 3 is 2.38 bits per heavy atom. The molecule has 0 saturated carbocycles. The summed E-state index contributed by atoms with van der Waals surface area (Å²) >= 11 is 2.12. The number of carbonyl (C=O) groups excluding carboxylic acids is 3. The number of anilines is 3. The van der Waals surface area contributed by atoms with Crippen molar-refractivity contribution in [3.8, 4) is 0 Å². The number of aromatic nitrogens is 3. The summed E-state index contributed by atoms with van der Waals surface area (Å²) < 4.78 is 0.551. The van der Waals surface area contributed by atoms with Gasteiger partial charge in [0.15, 0.2) is 11.5 Å². The predicted molar refractivity (Wildman–Crippen MR) is 130 cm³/mol. The van der Waals surface area contributed by atoms with Gasteiger partial charge in [-0.1, -0.05) is 36.4 Å². The van der Waals surface area contributed by atoms with Gasteiger partial charge in [-0.2, -0.15) is 0 Å². The quantitative estimate of drug-likeness (QED) is 0.185. The third kappa shape index (κ3) is 6.73. The van der Waals surface area contributed by atoms with Crippen LogP contribution >= 0.6 is 22.6 Å². The first kappa shape index (κ1) is 25.2. The number of alkyl halides is 1. The van der Waals surface area contributed by atoms with E-state index in [1.54, 1.807) is 17.0 Å². The first-order valence-corrected chi connectivity index (χ1v) is 11.5. The summed E-state index contributed by atoms with van der Waals surface area (Å²) in [6.07, 6.45) is 3.26. The van der Waals surface area contributed by atoms with Crippen LogP contribution in [0.4, 0.5) is 17.3 Å². The maximum absolute atomic E-state index is 12.4. The average Bonchev–Trinajstić information content (AvgIpc) is 2.74. The zero-order chi connectivity index (χ0) is 23.8.